The Morgan fingerprint density at radius 2 is 1.65 bits per heavy atom. The molecule has 0 saturated carbocycles. The van der Waals surface area contributed by atoms with Crippen molar-refractivity contribution in [2.75, 3.05) is 27.9 Å². The van der Waals surface area contributed by atoms with Crippen LogP contribution in [-0.2, 0) is 6.54 Å². The van der Waals surface area contributed by atoms with Crippen LogP contribution in [0.25, 0.3) is 0 Å². The summed E-state index contributed by atoms with van der Waals surface area (Å²) in [6, 6.07) is 3.42. The predicted molar refractivity (Wildman–Crippen MR) is 76.6 cm³/mol. The van der Waals surface area contributed by atoms with Crippen LogP contribution in [-0.4, -0.2) is 33.9 Å². The van der Waals surface area contributed by atoms with Gasteiger partial charge in [0.15, 0.2) is 11.5 Å². The molecule has 20 heavy (non-hydrogen) atoms. The van der Waals surface area contributed by atoms with Gasteiger partial charge in [0.2, 0.25) is 5.75 Å². The largest absolute Gasteiger partial charge is 0.493 e. The Bertz CT molecular complexity index is 424. The molecule has 0 saturated heterocycles. The van der Waals surface area contributed by atoms with Gasteiger partial charge in [-0.1, -0.05) is 6.92 Å². The van der Waals surface area contributed by atoms with Gasteiger partial charge in [0.25, 0.3) is 0 Å². The van der Waals surface area contributed by atoms with Gasteiger partial charge in [0, 0.05) is 13.1 Å². The third-order valence-electron chi connectivity index (χ3n) is 2.71. The van der Waals surface area contributed by atoms with Crippen LogP contribution in [0.3, 0.4) is 0 Å². The first-order chi connectivity index (χ1) is 9.65. The minimum Gasteiger partial charge on any atom is -0.493 e. The molecule has 0 aliphatic rings. The molecule has 6 heteroatoms. The maximum absolute atomic E-state index is 11.5. The number of carbonyl (C=O) groups is 1. The zero-order valence-electron chi connectivity index (χ0n) is 12.4. The van der Waals surface area contributed by atoms with Gasteiger partial charge in [-0.05, 0) is 24.1 Å². The smallest absolute Gasteiger partial charge is 0.315 e. The van der Waals surface area contributed by atoms with Gasteiger partial charge in [-0.3, -0.25) is 0 Å². The van der Waals surface area contributed by atoms with Gasteiger partial charge >= 0.3 is 6.03 Å². The standard InChI is InChI=1S/C14H22N2O4/c1-5-6-15-14(17)16-9-10-7-11(18-2)13(20-4)12(8-10)19-3/h7-8H,5-6,9H2,1-4H3,(H2,15,16,17). The molecule has 0 aliphatic carbocycles. The zero-order valence-corrected chi connectivity index (χ0v) is 12.4. The minimum atomic E-state index is -0.194. The molecule has 0 aromatic heterocycles. The molecule has 0 bridgehead atoms. The van der Waals surface area contributed by atoms with Gasteiger partial charge in [0.05, 0.1) is 21.3 Å². The fourth-order valence-electron chi connectivity index (χ4n) is 1.72. The summed E-state index contributed by atoms with van der Waals surface area (Å²) in [6.45, 7) is 3.03. The average molecular weight is 282 g/mol. The van der Waals surface area contributed by atoms with E-state index in [9.17, 15) is 4.79 Å². The Kier molecular flexibility index (Phi) is 6.49. The van der Waals surface area contributed by atoms with E-state index in [1.165, 1.54) is 0 Å². The van der Waals surface area contributed by atoms with Crippen LogP contribution in [0.15, 0.2) is 12.1 Å². The van der Waals surface area contributed by atoms with Crippen LogP contribution in [0.4, 0.5) is 4.79 Å². The van der Waals surface area contributed by atoms with Gasteiger partial charge in [0.1, 0.15) is 0 Å². The quantitative estimate of drug-likeness (QED) is 0.801. The van der Waals surface area contributed by atoms with E-state index in [2.05, 4.69) is 10.6 Å². The summed E-state index contributed by atoms with van der Waals surface area (Å²) in [4.78, 5) is 11.5. The lowest BCUT2D eigenvalue weighted by molar-refractivity contribution is 0.240. The number of rotatable bonds is 7. The summed E-state index contributed by atoms with van der Waals surface area (Å²) in [5.74, 6) is 1.67. The summed E-state index contributed by atoms with van der Waals surface area (Å²) in [6.07, 6.45) is 0.900. The molecule has 0 fully saturated rings. The molecule has 0 atom stereocenters. The number of amides is 2. The van der Waals surface area contributed by atoms with Crippen molar-refractivity contribution in [3.63, 3.8) is 0 Å². The molecular formula is C14H22N2O4. The number of nitrogens with one attached hydrogen (secondary N) is 2. The number of urea groups is 1. The molecule has 2 N–H and O–H groups in total. The average Bonchev–Trinajstić information content (AvgIpc) is 2.49. The molecule has 0 aliphatic heterocycles. The first-order valence-electron chi connectivity index (χ1n) is 6.46. The lowest BCUT2D eigenvalue weighted by Crippen LogP contribution is -2.35. The van der Waals surface area contributed by atoms with E-state index < -0.39 is 0 Å². The Balaban J connectivity index is 2.78. The molecule has 0 radical (unpaired) electrons. The molecule has 1 aromatic rings. The normalized spacial score (nSPS) is 9.80. The molecule has 0 spiro atoms. The van der Waals surface area contributed by atoms with Crippen molar-refractivity contribution in [1.29, 1.82) is 0 Å². The molecular weight excluding hydrogens is 260 g/mol. The van der Waals surface area contributed by atoms with E-state index in [4.69, 9.17) is 14.2 Å². The number of carbonyl (C=O) groups excluding carboxylic acids is 1. The van der Waals surface area contributed by atoms with E-state index in [0.717, 1.165) is 12.0 Å². The van der Waals surface area contributed by atoms with E-state index in [1.807, 2.05) is 6.92 Å². The van der Waals surface area contributed by atoms with Crippen LogP contribution in [0.1, 0.15) is 18.9 Å². The minimum absolute atomic E-state index is 0.194. The summed E-state index contributed by atoms with van der Waals surface area (Å²) in [5, 5.41) is 5.52. The lowest BCUT2D eigenvalue weighted by atomic mass is 10.2. The highest BCUT2D eigenvalue weighted by Crippen LogP contribution is 2.38. The number of hydrogen-bond donors (Lipinski definition) is 2. The summed E-state index contributed by atoms with van der Waals surface area (Å²) in [7, 11) is 4.67. The molecule has 1 rings (SSSR count). The Hall–Kier alpha value is -2.11. The molecule has 2 amide bonds. The fourth-order valence-corrected chi connectivity index (χ4v) is 1.72. The highest BCUT2D eigenvalue weighted by molar-refractivity contribution is 5.73. The Morgan fingerprint density at radius 3 is 2.10 bits per heavy atom. The van der Waals surface area contributed by atoms with E-state index in [1.54, 1.807) is 33.5 Å². The van der Waals surface area contributed by atoms with E-state index in [0.29, 0.717) is 30.3 Å². The SMILES string of the molecule is CCCNC(=O)NCc1cc(OC)c(OC)c(OC)c1. The van der Waals surface area contributed by atoms with Crippen molar-refractivity contribution in [2.24, 2.45) is 0 Å². The van der Waals surface area contributed by atoms with Crippen molar-refractivity contribution >= 4 is 6.03 Å². The molecule has 6 nitrogen and oxygen atoms in total. The monoisotopic (exact) mass is 282 g/mol. The molecule has 0 heterocycles. The number of ether oxygens (including phenoxy) is 3. The molecule has 112 valence electrons. The van der Waals surface area contributed by atoms with Crippen molar-refractivity contribution in [2.45, 2.75) is 19.9 Å². The predicted octanol–water partition coefficient (Wildman–Crippen LogP) is 1.92. The molecule has 0 unspecified atom stereocenters. The number of hydrogen-bond acceptors (Lipinski definition) is 4. The number of methoxy groups -OCH3 is 3. The van der Waals surface area contributed by atoms with Gasteiger partial charge in [-0.15, -0.1) is 0 Å². The Morgan fingerprint density at radius 1 is 1.05 bits per heavy atom. The lowest BCUT2D eigenvalue weighted by Gasteiger charge is -2.14. The molecule has 1 aromatic carbocycles. The summed E-state index contributed by atoms with van der Waals surface area (Å²) >= 11 is 0. The van der Waals surface area contributed by atoms with Crippen LogP contribution in [0.5, 0.6) is 17.2 Å². The summed E-state index contributed by atoms with van der Waals surface area (Å²) in [5.41, 5.74) is 0.867. The third kappa shape index (κ3) is 4.22. The Labute approximate surface area is 119 Å². The highest BCUT2D eigenvalue weighted by Gasteiger charge is 2.13. The first-order valence-corrected chi connectivity index (χ1v) is 6.46. The maximum atomic E-state index is 11.5. The van der Waals surface area contributed by atoms with Crippen LogP contribution < -0.4 is 24.8 Å². The van der Waals surface area contributed by atoms with Crippen molar-refractivity contribution in [3.8, 4) is 17.2 Å². The zero-order chi connectivity index (χ0) is 15.0. The van der Waals surface area contributed by atoms with Crippen molar-refractivity contribution < 1.29 is 19.0 Å². The first kappa shape index (κ1) is 15.9. The van der Waals surface area contributed by atoms with Crippen molar-refractivity contribution in [3.05, 3.63) is 17.7 Å². The third-order valence-corrected chi connectivity index (χ3v) is 2.71. The second-order valence-corrected chi connectivity index (χ2v) is 4.14. The second kappa shape index (κ2) is 8.14. The summed E-state index contributed by atoms with van der Waals surface area (Å²) < 4.78 is 15.8. The van der Waals surface area contributed by atoms with E-state index >= 15 is 0 Å². The van der Waals surface area contributed by atoms with Gasteiger partial charge < -0.3 is 24.8 Å². The maximum Gasteiger partial charge on any atom is 0.315 e. The fraction of sp³-hybridized carbons (Fsp3) is 0.500. The topological polar surface area (TPSA) is 68.8 Å². The van der Waals surface area contributed by atoms with E-state index in [-0.39, 0.29) is 6.03 Å². The van der Waals surface area contributed by atoms with Crippen LogP contribution in [0.2, 0.25) is 0 Å². The highest BCUT2D eigenvalue weighted by atomic mass is 16.5. The number of benzene rings is 1. The van der Waals surface area contributed by atoms with Gasteiger partial charge in [-0.25, -0.2) is 4.79 Å². The van der Waals surface area contributed by atoms with Crippen LogP contribution in [0, 0.1) is 0 Å². The van der Waals surface area contributed by atoms with Gasteiger partial charge in [-0.2, -0.15) is 0 Å². The second-order valence-electron chi connectivity index (χ2n) is 4.14. The van der Waals surface area contributed by atoms with Crippen LogP contribution >= 0.6 is 0 Å². The van der Waals surface area contributed by atoms with Crippen molar-refractivity contribution in [1.82, 2.24) is 10.6 Å².